The Hall–Kier alpha value is -1.00. The lowest BCUT2D eigenvalue weighted by Crippen LogP contribution is -2.39. The number of carbonyl (C=O) groups is 2. The molecule has 3 nitrogen and oxygen atoms in total. The van der Waals surface area contributed by atoms with Crippen LogP contribution in [-0.2, 0) is 9.59 Å². The summed E-state index contributed by atoms with van der Waals surface area (Å²) >= 11 is 7.29. The van der Waals surface area contributed by atoms with E-state index in [9.17, 15) is 9.59 Å². The number of hydrogen-bond acceptors (Lipinski definition) is 3. The van der Waals surface area contributed by atoms with Crippen molar-refractivity contribution < 1.29 is 9.59 Å². The third-order valence-electron chi connectivity index (χ3n) is 2.85. The number of ketones is 1. The van der Waals surface area contributed by atoms with Crippen LogP contribution in [0.4, 0.5) is 0 Å². The molecule has 0 bridgehead atoms. The highest BCUT2D eigenvalue weighted by Crippen LogP contribution is 2.21. The van der Waals surface area contributed by atoms with Crippen LogP contribution in [0.25, 0.3) is 0 Å². The Morgan fingerprint density at radius 2 is 1.83 bits per heavy atom. The third-order valence-corrected chi connectivity index (χ3v) is 4.10. The molecule has 0 unspecified atom stereocenters. The fourth-order valence-corrected chi connectivity index (χ4v) is 2.70. The lowest BCUT2D eigenvalue weighted by Gasteiger charge is -2.25. The number of amides is 1. The quantitative estimate of drug-likeness (QED) is 0.800. The van der Waals surface area contributed by atoms with Gasteiger partial charge in [0.15, 0.2) is 0 Å². The molecule has 0 aliphatic carbocycles. The van der Waals surface area contributed by atoms with Gasteiger partial charge >= 0.3 is 0 Å². The Morgan fingerprint density at radius 1 is 1.22 bits per heavy atom. The van der Waals surface area contributed by atoms with Gasteiger partial charge < -0.3 is 4.90 Å². The first-order valence-electron chi connectivity index (χ1n) is 5.83. The summed E-state index contributed by atoms with van der Waals surface area (Å²) in [6.07, 6.45) is 0.995. The summed E-state index contributed by atoms with van der Waals surface area (Å²) in [7, 11) is 0. The summed E-state index contributed by atoms with van der Waals surface area (Å²) < 4.78 is 0. The molecule has 2 rings (SSSR count). The van der Waals surface area contributed by atoms with Gasteiger partial charge in [-0.15, -0.1) is 11.8 Å². The Morgan fingerprint density at radius 3 is 2.44 bits per heavy atom. The number of nitrogens with zero attached hydrogens (tertiary/aromatic N) is 1. The van der Waals surface area contributed by atoms with Gasteiger partial charge in [-0.25, -0.2) is 0 Å². The molecular weight excluding hydrogens is 270 g/mol. The second kappa shape index (κ2) is 6.25. The fourth-order valence-electron chi connectivity index (χ4n) is 1.77. The lowest BCUT2D eigenvalue weighted by molar-refractivity contribution is -0.132. The van der Waals surface area contributed by atoms with E-state index in [1.165, 1.54) is 11.8 Å². The SMILES string of the molecule is O=C1CCN(C(=O)CSc2ccc(Cl)cc2)CC1. The van der Waals surface area contributed by atoms with Crippen LogP contribution in [0.3, 0.4) is 0 Å². The molecule has 0 aromatic heterocycles. The molecule has 0 atom stereocenters. The van der Waals surface area contributed by atoms with Crippen molar-refractivity contribution in [3.63, 3.8) is 0 Å². The van der Waals surface area contributed by atoms with Crippen LogP contribution < -0.4 is 0 Å². The van der Waals surface area contributed by atoms with Gasteiger partial charge in [-0.3, -0.25) is 9.59 Å². The molecule has 0 radical (unpaired) electrons. The smallest absolute Gasteiger partial charge is 0.232 e. The van der Waals surface area contributed by atoms with E-state index in [0.29, 0.717) is 36.7 Å². The Bertz CT molecular complexity index is 437. The van der Waals surface area contributed by atoms with Gasteiger partial charge in [0, 0.05) is 35.8 Å². The summed E-state index contributed by atoms with van der Waals surface area (Å²) in [6, 6.07) is 7.43. The van der Waals surface area contributed by atoms with E-state index in [4.69, 9.17) is 11.6 Å². The highest BCUT2D eigenvalue weighted by molar-refractivity contribution is 8.00. The second-order valence-electron chi connectivity index (χ2n) is 4.16. The zero-order valence-electron chi connectivity index (χ0n) is 9.89. The van der Waals surface area contributed by atoms with Crippen molar-refractivity contribution in [2.24, 2.45) is 0 Å². The van der Waals surface area contributed by atoms with Crippen molar-refractivity contribution in [1.82, 2.24) is 4.90 Å². The molecule has 96 valence electrons. The van der Waals surface area contributed by atoms with Crippen molar-refractivity contribution in [3.05, 3.63) is 29.3 Å². The maximum Gasteiger partial charge on any atom is 0.232 e. The molecule has 0 saturated carbocycles. The van der Waals surface area contributed by atoms with Crippen molar-refractivity contribution in [2.45, 2.75) is 17.7 Å². The van der Waals surface area contributed by atoms with Gasteiger partial charge in [-0.2, -0.15) is 0 Å². The first-order valence-corrected chi connectivity index (χ1v) is 7.19. The van der Waals surface area contributed by atoms with Crippen LogP contribution in [0, 0.1) is 0 Å². The molecule has 1 aromatic rings. The minimum absolute atomic E-state index is 0.0995. The van der Waals surface area contributed by atoms with Gasteiger partial charge in [0.05, 0.1) is 5.75 Å². The molecule has 0 N–H and O–H groups in total. The molecule has 0 spiro atoms. The van der Waals surface area contributed by atoms with E-state index in [1.807, 2.05) is 24.3 Å². The van der Waals surface area contributed by atoms with Gasteiger partial charge in [0.25, 0.3) is 0 Å². The molecule has 1 saturated heterocycles. The largest absolute Gasteiger partial charge is 0.341 e. The molecule has 1 aliphatic rings. The molecule has 1 heterocycles. The molecule has 1 amide bonds. The highest BCUT2D eigenvalue weighted by atomic mass is 35.5. The maximum atomic E-state index is 11.9. The predicted octanol–water partition coefficient (Wildman–Crippen LogP) is 2.62. The first kappa shape index (κ1) is 13.4. The van der Waals surface area contributed by atoms with E-state index in [-0.39, 0.29) is 11.7 Å². The van der Waals surface area contributed by atoms with E-state index >= 15 is 0 Å². The number of likely N-dealkylation sites (tertiary alicyclic amines) is 1. The first-order chi connectivity index (χ1) is 8.65. The van der Waals surface area contributed by atoms with E-state index in [1.54, 1.807) is 4.90 Å². The monoisotopic (exact) mass is 283 g/mol. The van der Waals surface area contributed by atoms with E-state index < -0.39 is 0 Å². The number of hydrogen-bond donors (Lipinski definition) is 0. The fraction of sp³-hybridized carbons (Fsp3) is 0.385. The average Bonchev–Trinajstić information content (AvgIpc) is 2.38. The molecule has 18 heavy (non-hydrogen) atoms. The van der Waals surface area contributed by atoms with Gasteiger partial charge in [-0.1, -0.05) is 11.6 Å². The number of halogens is 1. The van der Waals surface area contributed by atoms with Gasteiger partial charge in [0.1, 0.15) is 5.78 Å². The number of benzene rings is 1. The Balaban J connectivity index is 1.81. The van der Waals surface area contributed by atoms with Crippen LogP contribution in [-0.4, -0.2) is 35.4 Å². The van der Waals surface area contributed by atoms with Crippen LogP contribution in [0.2, 0.25) is 5.02 Å². The maximum absolute atomic E-state index is 11.9. The van der Waals surface area contributed by atoms with E-state index in [2.05, 4.69) is 0 Å². The predicted molar refractivity (Wildman–Crippen MR) is 73.0 cm³/mol. The van der Waals surface area contributed by atoms with Crippen LogP contribution in [0.15, 0.2) is 29.2 Å². The van der Waals surface area contributed by atoms with Crippen LogP contribution >= 0.6 is 23.4 Å². The highest BCUT2D eigenvalue weighted by Gasteiger charge is 2.20. The minimum atomic E-state index is 0.0995. The van der Waals surface area contributed by atoms with Crippen LogP contribution in [0.5, 0.6) is 0 Å². The zero-order chi connectivity index (χ0) is 13.0. The zero-order valence-corrected chi connectivity index (χ0v) is 11.5. The number of thioether (sulfide) groups is 1. The molecular formula is C13H14ClNO2S. The minimum Gasteiger partial charge on any atom is -0.341 e. The van der Waals surface area contributed by atoms with Crippen molar-refractivity contribution in [2.75, 3.05) is 18.8 Å². The normalized spacial score (nSPS) is 15.8. The average molecular weight is 284 g/mol. The standard InChI is InChI=1S/C13H14ClNO2S/c14-10-1-3-12(4-2-10)18-9-13(17)15-7-5-11(16)6-8-15/h1-4H,5-9H2. The number of piperidine rings is 1. The van der Waals surface area contributed by atoms with Gasteiger partial charge in [-0.05, 0) is 24.3 Å². The van der Waals surface area contributed by atoms with Crippen molar-refractivity contribution >= 4 is 35.1 Å². The summed E-state index contributed by atoms with van der Waals surface area (Å²) in [5.41, 5.74) is 0. The number of rotatable bonds is 3. The summed E-state index contributed by atoms with van der Waals surface area (Å²) in [6.45, 7) is 1.14. The van der Waals surface area contributed by atoms with Crippen molar-refractivity contribution in [3.8, 4) is 0 Å². The number of carbonyl (C=O) groups excluding carboxylic acids is 2. The van der Waals surface area contributed by atoms with Crippen LogP contribution in [0.1, 0.15) is 12.8 Å². The summed E-state index contributed by atoms with van der Waals surface area (Å²) in [4.78, 5) is 25.8. The summed E-state index contributed by atoms with van der Waals surface area (Å²) in [5, 5.41) is 0.695. The van der Waals surface area contributed by atoms with Crippen molar-refractivity contribution in [1.29, 1.82) is 0 Å². The molecule has 1 aromatic carbocycles. The Kier molecular flexibility index (Phi) is 4.66. The molecule has 1 aliphatic heterocycles. The lowest BCUT2D eigenvalue weighted by atomic mass is 10.1. The molecule has 5 heteroatoms. The third kappa shape index (κ3) is 3.75. The second-order valence-corrected chi connectivity index (χ2v) is 5.65. The van der Waals surface area contributed by atoms with E-state index in [0.717, 1.165) is 4.90 Å². The molecule has 1 fully saturated rings. The topological polar surface area (TPSA) is 37.4 Å². The van der Waals surface area contributed by atoms with Gasteiger partial charge in [0.2, 0.25) is 5.91 Å². The number of Topliss-reactive ketones (excluding diaryl/α,β-unsaturated/α-hetero) is 1. The summed E-state index contributed by atoms with van der Waals surface area (Å²) in [5.74, 6) is 0.766. The Labute approximate surface area is 115 Å².